The lowest BCUT2D eigenvalue weighted by Gasteiger charge is -2.24. The molecule has 0 radical (unpaired) electrons. The Morgan fingerprint density at radius 2 is 1.39 bits per heavy atom. The summed E-state index contributed by atoms with van der Waals surface area (Å²) in [5, 5.41) is 5.89. The molecule has 2 fully saturated rings. The fraction of sp³-hybridized carbons (Fsp3) is 0.364. The Hall–Kier alpha value is -4.84. The van der Waals surface area contributed by atoms with Gasteiger partial charge in [0.1, 0.15) is 5.60 Å². The number of halogens is 1. The molecule has 0 bridgehead atoms. The summed E-state index contributed by atoms with van der Waals surface area (Å²) in [6.07, 6.45) is 8.75. The average molecular weight is 649 g/mol. The smallest absolute Gasteiger partial charge is 0.421 e. The van der Waals surface area contributed by atoms with Crippen molar-refractivity contribution in [2.24, 2.45) is 11.8 Å². The van der Waals surface area contributed by atoms with E-state index in [9.17, 15) is 14.4 Å². The van der Waals surface area contributed by atoms with Crippen LogP contribution in [0.15, 0.2) is 60.9 Å². The molecular weight excluding hydrogens is 608 g/mol. The van der Waals surface area contributed by atoms with Crippen molar-refractivity contribution in [2.45, 2.75) is 64.9 Å². The number of amides is 2. The molecule has 4 aromatic rings. The van der Waals surface area contributed by atoms with Gasteiger partial charge in [0.05, 0.1) is 23.8 Å². The molecule has 12 nitrogen and oxygen atoms in total. The number of nitrogens with one attached hydrogen (secondary N) is 3. The molecule has 0 aliphatic heterocycles. The number of nitrogens with zero attached hydrogens (tertiary/aromatic N) is 3. The molecule has 2 aliphatic carbocycles. The summed E-state index contributed by atoms with van der Waals surface area (Å²) in [4.78, 5) is 47.5. The topological polar surface area (TPSA) is 183 Å². The van der Waals surface area contributed by atoms with Crippen LogP contribution in [0.2, 0.25) is 0 Å². The molecule has 0 spiro atoms. The number of nitrogen functional groups attached to an aromatic ring is 2. The van der Waals surface area contributed by atoms with Gasteiger partial charge in [0.15, 0.2) is 5.95 Å². The monoisotopic (exact) mass is 648 g/mol. The summed E-state index contributed by atoms with van der Waals surface area (Å²) in [6, 6.07) is 14.9. The van der Waals surface area contributed by atoms with Gasteiger partial charge in [-0.3, -0.25) is 9.59 Å². The standard InChI is InChI=1S/C19H24N4O3.C14H16N4O.ClH/c1-19(2,3)26-18(25)23-15(11-21-17(23)20)13-8-5-9-14(10-13)22-16(24)12-6-4-7-12;15-14-16-8-12(18-14)10-5-2-6-11(7-10)17-13(19)9-3-1-4-9;/h5,8-12H,4,6-7H2,1-3H3,(H2,20,21)(H,22,24);2,5-9H,1,3-4H2,(H,17,19)(H3,15,16,18);1H. The molecule has 46 heavy (non-hydrogen) atoms. The number of aromatic nitrogens is 4. The highest BCUT2D eigenvalue weighted by Crippen LogP contribution is 2.30. The molecule has 2 aliphatic rings. The predicted molar refractivity (Wildman–Crippen MR) is 181 cm³/mol. The Labute approximate surface area is 274 Å². The van der Waals surface area contributed by atoms with E-state index in [1.165, 1.54) is 10.8 Å². The van der Waals surface area contributed by atoms with Crippen molar-refractivity contribution in [1.29, 1.82) is 0 Å². The first-order valence-electron chi connectivity index (χ1n) is 15.2. The minimum atomic E-state index is -0.649. The molecule has 0 unspecified atom stereocenters. The molecular formula is C33H41ClN8O4. The highest BCUT2D eigenvalue weighted by atomic mass is 35.5. The van der Waals surface area contributed by atoms with Gasteiger partial charge in [-0.2, -0.15) is 0 Å². The van der Waals surface area contributed by atoms with Gasteiger partial charge >= 0.3 is 6.09 Å². The van der Waals surface area contributed by atoms with E-state index in [0.29, 0.717) is 22.9 Å². The molecule has 0 saturated heterocycles. The van der Waals surface area contributed by atoms with Crippen molar-refractivity contribution in [3.63, 3.8) is 0 Å². The van der Waals surface area contributed by atoms with Crippen LogP contribution in [-0.2, 0) is 14.3 Å². The van der Waals surface area contributed by atoms with E-state index in [1.54, 1.807) is 33.0 Å². The third kappa shape index (κ3) is 8.45. The van der Waals surface area contributed by atoms with Crippen molar-refractivity contribution < 1.29 is 19.1 Å². The summed E-state index contributed by atoms with van der Waals surface area (Å²) >= 11 is 0. The largest absolute Gasteiger partial charge is 0.443 e. The fourth-order valence-electron chi connectivity index (χ4n) is 4.90. The van der Waals surface area contributed by atoms with Gasteiger partial charge in [-0.1, -0.05) is 37.1 Å². The first kappa shape index (κ1) is 34.0. The molecule has 2 saturated carbocycles. The SMILES string of the molecule is CC(C)(C)OC(=O)n1c(-c2cccc(NC(=O)C3CCC3)c2)cnc1N.Cl.Nc1ncc(-c2cccc(NC(=O)C3CCC3)c2)[nH]1. The van der Waals surface area contributed by atoms with Gasteiger partial charge in [0.25, 0.3) is 0 Å². The Balaban J connectivity index is 0.000000213. The van der Waals surface area contributed by atoms with E-state index in [2.05, 4.69) is 25.6 Å². The van der Waals surface area contributed by atoms with Crippen molar-refractivity contribution in [1.82, 2.24) is 19.5 Å². The number of hydrogen-bond donors (Lipinski definition) is 5. The minimum absolute atomic E-state index is 0. The lowest BCUT2D eigenvalue weighted by Crippen LogP contribution is -2.28. The predicted octanol–water partition coefficient (Wildman–Crippen LogP) is 6.47. The van der Waals surface area contributed by atoms with Crippen molar-refractivity contribution in [2.75, 3.05) is 22.1 Å². The highest BCUT2D eigenvalue weighted by Gasteiger charge is 2.27. The normalized spacial score (nSPS) is 14.4. The van der Waals surface area contributed by atoms with E-state index in [-0.39, 0.29) is 42.0 Å². The van der Waals surface area contributed by atoms with Crippen molar-refractivity contribution in [3.8, 4) is 22.5 Å². The van der Waals surface area contributed by atoms with E-state index in [1.807, 2.05) is 42.5 Å². The molecule has 2 aromatic heterocycles. The number of nitrogens with two attached hydrogens (primary N) is 2. The van der Waals surface area contributed by atoms with Crippen molar-refractivity contribution >= 4 is 53.6 Å². The maximum atomic E-state index is 12.5. The van der Waals surface area contributed by atoms with Crippen molar-refractivity contribution in [3.05, 3.63) is 60.9 Å². The van der Waals surface area contributed by atoms with E-state index in [4.69, 9.17) is 16.2 Å². The summed E-state index contributed by atoms with van der Waals surface area (Å²) in [5.41, 5.74) is 15.3. The first-order valence-corrected chi connectivity index (χ1v) is 15.2. The lowest BCUT2D eigenvalue weighted by molar-refractivity contribution is -0.122. The number of hydrogen-bond acceptors (Lipinski definition) is 8. The van der Waals surface area contributed by atoms with Crippen LogP contribution in [0.25, 0.3) is 22.5 Å². The summed E-state index contributed by atoms with van der Waals surface area (Å²) in [7, 11) is 0. The first-order chi connectivity index (χ1) is 21.5. The van der Waals surface area contributed by atoms with Crippen LogP contribution in [0.1, 0.15) is 59.3 Å². The van der Waals surface area contributed by atoms with E-state index in [0.717, 1.165) is 55.5 Å². The molecule has 6 rings (SSSR count). The zero-order valence-corrected chi connectivity index (χ0v) is 27.0. The summed E-state index contributed by atoms with van der Waals surface area (Å²) in [6.45, 7) is 5.36. The second-order valence-electron chi connectivity index (χ2n) is 12.4. The van der Waals surface area contributed by atoms with Crippen LogP contribution in [-0.4, -0.2) is 43.0 Å². The number of H-pyrrole nitrogens is 1. The van der Waals surface area contributed by atoms with Crippen LogP contribution >= 0.6 is 12.4 Å². The Morgan fingerprint density at radius 1 is 0.848 bits per heavy atom. The molecule has 0 atom stereocenters. The van der Waals surface area contributed by atoms with Crippen LogP contribution in [0.4, 0.5) is 28.1 Å². The van der Waals surface area contributed by atoms with Gasteiger partial charge in [-0.25, -0.2) is 19.3 Å². The van der Waals surface area contributed by atoms with E-state index >= 15 is 0 Å². The number of carbonyl (C=O) groups is 3. The zero-order chi connectivity index (χ0) is 32.1. The third-order valence-corrected chi connectivity index (χ3v) is 7.78. The Kier molecular flexibility index (Phi) is 10.7. The molecule has 2 heterocycles. The molecule has 244 valence electrons. The maximum absolute atomic E-state index is 12.5. The molecule has 2 aromatic carbocycles. The lowest BCUT2D eigenvalue weighted by atomic mass is 9.85. The minimum Gasteiger partial charge on any atom is -0.443 e. The van der Waals surface area contributed by atoms with Crippen LogP contribution in [0, 0.1) is 11.8 Å². The van der Waals surface area contributed by atoms with Gasteiger partial charge in [0, 0.05) is 34.3 Å². The van der Waals surface area contributed by atoms with Gasteiger partial charge in [-0.15, -0.1) is 12.4 Å². The number of anilines is 4. The number of imidazole rings is 2. The van der Waals surface area contributed by atoms with Crippen LogP contribution in [0.3, 0.4) is 0 Å². The van der Waals surface area contributed by atoms with Crippen LogP contribution < -0.4 is 22.1 Å². The molecule has 2 amide bonds. The third-order valence-electron chi connectivity index (χ3n) is 7.78. The number of ether oxygens (including phenoxy) is 1. The summed E-state index contributed by atoms with van der Waals surface area (Å²) < 4.78 is 6.64. The number of aromatic amines is 1. The molecule has 7 N–H and O–H groups in total. The average Bonchev–Trinajstić information content (AvgIpc) is 3.52. The number of rotatable bonds is 6. The maximum Gasteiger partial charge on any atom is 0.421 e. The number of benzene rings is 2. The Bertz CT molecular complexity index is 1680. The quantitative estimate of drug-likeness (QED) is 0.157. The summed E-state index contributed by atoms with van der Waals surface area (Å²) in [5.74, 6) is 0.881. The second kappa shape index (κ2) is 14.5. The highest BCUT2D eigenvalue weighted by molar-refractivity contribution is 5.94. The van der Waals surface area contributed by atoms with Gasteiger partial charge in [-0.05, 0) is 70.7 Å². The van der Waals surface area contributed by atoms with E-state index < -0.39 is 11.7 Å². The fourth-order valence-corrected chi connectivity index (χ4v) is 4.90. The van der Waals surface area contributed by atoms with Crippen LogP contribution in [0.5, 0.6) is 0 Å². The zero-order valence-electron chi connectivity index (χ0n) is 26.2. The second-order valence-corrected chi connectivity index (χ2v) is 12.4. The molecule has 13 heteroatoms. The van der Waals surface area contributed by atoms with Gasteiger partial charge < -0.3 is 31.8 Å². The van der Waals surface area contributed by atoms with Gasteiger partial charge in [0.2, 0.25) is 17.8 Å². The number of carbonyl (C=O) groups excluding carboxylic acids is 3. The Morgan fingerprint density at radius 3 is 1.87 bits per heavy atom.